The van der Waals surface area contributed by atoms with Gasteiger partial charge in [-0.3, -0.25) is 4.79 Å². The smallest absolute Gasteiger partial charge is 0.337 e. The van der Waals surface area contributed by atoms with Crippen LogP contribution < -0.4 is 5.32 Å². The molecular formula is C13H16FNO4. The van der Waals surface area contributed by atoms with Crippen molar-refractivity contribution >= 4 is 17.6 Å². The molecule has 1 aromatic carbocycles. The minimum atomic E-state index is -1.22. The number of methoxy groups -OCH3 is 1. The standard InChI is InChI=1S/C13H16FNO4/c1-8(19-2)3-6-12(16)15-11-7-9(14)4-5-10(11)13(17)18/h4-5,7-8H,3,6H2,1-2H3,(H,15,16)(H,17,18). The van der Waals surface area contributed by atoms with Gasteiger partial charge in [-0.05, 0) is 31.5 Å². The largest absolute Gasteiger partial charge is 0.478 e. The number of halogens is 1. The van der Waals surface area contributed by atoms with Gasteiger partial charge in [-0.15, -0.1) is 0 Å². The van der Waals surface area contributed by atoms with Crippen molar-refractivity contribution < 1.29 is 23.8 Å². The maximum absolute atomic E-state index is 13.1. The first-order chi connectivity index (χ1) is 8.93. The van der Waals surface area contributed by atoms with Crippen LogP contribution in [-0.4, -0.2) is 30.2 Å². The lowest BCUT2D eigenvalue weighted by atomic mass is 10.1. The zero-order valence-corrected chi connectivity index (χ0v) is 10.8. The van der Waals surface area contributed by atoms with Gasteiger partial charge >= 0.3 is 5.97 Å². The van der Waals surface area contributed by atoms with E-state index < -0.39 is 11.8 Å². The zero-order valence-electron chi connectivity index (χ0n) is 10.8. The van der Waals surface area contributed by atoms with Crippen LogP contribution in [0.15, 0.2) is 18.2 Å². The van der Waals surface area contributed by atoms with E-state index in [4.69, 9.17) is 9.84 Å². The minimum Gasteiger partial charge on any atom is -0.478 e. The Morgan fingerprint density at radius 1 is 1.47 bits per heavy atom. The highest BCUT2D eigenvalue weighted by Gasteiger charge is 2.14. The summed E-state index contributed by atoms with van der Waals surface area (Å²) in [5.74, 6) is -2.21. The van der Waals surface area contributed by atoms with E-state index in [1.165, 1.54) is 7.11 Å². The summed E-state index contributed by atoms with van der Waals surface area (Å²) in [5, 5.41) is 11.3. The van der Waals surface area contributed by atoms with Crippen molar-refractivity contribution in [2.24, 2.45) is 0 Å². The molecule has 1 unspecified atom stereocenters. The van der Waals surface area contributed by atoms with Gasteiger partial charge in [0.2, 0.25) is 5.91 Å². The molecule has 1 amide bonds. The summed E-state index contributed by atoms with van der Waals surface area (Å²) in [7, 11) is 1.54. The Hall–Kier alpha value is -1.95. The lowest BCUT2D eigenvalue weighted by molar-refractivity contribution is -0.116. The van der Waals surface area contributed by atoms with E-state index in [1.807, 2.05) is 6.92 Å². The third-order valence-electron chi connectivity index (χ3n) is 2.67. The molecule has 0 aliphatic rings. The van der Waals surface area contributed by atoms with Gasteiger partial charge in [0.1, 0.15) is 5.82 Å². The van der Waals surface area contributed by atoms with E-state index in [0.29, 0.717) is 6.42 Å². The summed E-state index contributed by atoms with van der Waals surface area (Å²) < 4.78 is 18.1. The lowest BCUT2D eigenvalue weighted by Crippen LogP contribution is -2.17. The molecule has 0 saturated carbocycles. The van der Waals surface area contributed by atoms with Gasteiger partial charge in [-0.2, -0.15) is 0 Å². The van der Waals surface area contributed by atoms with Crippen LogP contribution in [0.5, 0.6) is 0 Å². The number of anilines is 1. The van der Waals surface area contributed by atoms with Gasteiger partial charge in [0.25, 0.3) is 0 Å². The third-order valence-corrected chi connectivity index (χ3v) is 2.67. The highest BCUT2D eigenvalue weighted by atomic mass is 19.1. The SMILES string of the molecule is COC(C)CCC(=O)Nc1cc(F)ccc1C(=O)O. The van der Waals surface area contributed by atoms with Gasteiger partial charge in [-0.25, -0.2) is 9.18 Å². The molecule has 0 spiro atoms. The average molecular weight is 269 g/mol. The fraction of sp³-hybridized carbons (Fsp3) is 0.385. The fourth-order valence-electron chi connectivity index (χ4n) is 1.47. The highest BCUT2D eigenvalue weighted by Crippen LogP contribution is 2.18. The average Bonchev–Trinajstić information content (AvgIpc) is 2.35. The second-order valence-electron chi connectivity index (χ2n) is 4.13. The number of rotatable bonds is 6. The molecule has 1 rings (SSSR count). The Balaban J connectivity index is 2.73. The van der Waals surface area contributed by atoms with Crippen molar-refractivity contribution in [3.63, 3.8) is 0 Å². The number of amides is 1. The Morgan fingerprint density at radius 2 is 2.16 bits per heavy atom. The predicted molar refractivity (Wildman–Crippen MR) is 67.7 cm³/mol. The molecule has 0 heterocycles. The molecule has 6 heteroatoms. The number of carboxylic acids is 1. The van der Waals surface area contributed by atoms with Crippen LogP contribution in [0.2, 0.25) is 0 Å². The van der Waals surface area contributed by atoms with Crippen LogP contribution in [0.25, 0.3) is 0 Å². The van der Waals surface area contributed by atoms with Crippen LogP contribution in [-0.2, 0) is 9.53 Å². The molecule has 104 valence electrons. The van der Waals surface area contributed by atoms with Crippen molar-refractivity contribution in [3.8, 4) is 0 Å². The first kappa shape index (κ1) is 15.1. The molecule has 0 aliphatic carbocycles. The van der Waals surface area contributed by atoms with Gasteiger partial charge in [0.15, 0.2) is 0 Å². The molecular weight excluding hydrogens is 253 g/mol. The van der Waals surface area contributed by atoms with Crippen molar-refractivity contribution in [1.82, 2.24) is 0 Å². The summed E-state index contributed by atoms with van der Waals surface area (Å²) in [5.41, 5.74) is -0.183. The molecule has 0 radical (unpaired) electrons. The van der Waals surface area contributed by atoms with Gasteiger partial charge in [-0.1, -0.05) is 0 Å². The van der Waals surface area contributed by atoms with E-state index in [0.717, 1.165) is 18.2 Å². The maximum Gasteiger partial charge on any atom is 0.337 e. The number of benzene rings is 1. The number of hydrogen-bond acceptors (Lipinski definition) is 3. The third kappa shape index (κ3) is 4.67. The maximum atomic E-state index is 13.1. The predicted octanol–water partition coefficient (Wildman–Crippen LogP) is 2.28. The topological polar surface area (TPSA) is 75.6 Å². The Labute approximate surface area is 110 Å². The summed E-state index contributed by atoms with van der Waals surface area (Å²) in [6.07, 6.45) is 0.599. The van der Waals surface area contributed by atoms with Crippen LogP contribution in [0.1, 0.15) is 30.1 Å². The van der Waals surface area contributed by atoms with Crippen LogP contribution in [0.3, 0.4) is 0 Å². The molecule has 5 nitrogen and oxygen atoms in total. The quantitative estimate of drug-likeness (QED) is 0.830. The Bertz CT molecular complexity index is 476. The summed E-state index contributed by atoms with van der Waals surface area (Å²) in [4.78, 5) is 22.6. The summed E-state index contributed by atoms with van der Waals surface area (Å²) in [6, 6.07) is 3.14. The molecule has 1 aromatic rings. The number of carbonyl (C=O) groups excluding carboxylic acids is 1. The number of hydrogen-bond donors (Lipinski definition) is 2. The number of ether oxygens (including phenoxy) is 1. The van der Waals surface area contributed by atoms with E-state index in [1.54, 1.807) is 0 Å². The molecule has 0 aliphatic heterocycles. The van der Waals surface area contributed by atoms with Crippen LogP contribution in [0.4, 0.5) is 10.1 Å². The molecule has 0 saturated heterocycles. The molecule has 2 N–H and O–H groups in total. The molecule has 0 bridgehead atoms. The number of aromatic carboxylic acids is 1. The molecule has 0 aromatic heterocycles. The minimum absolute atomic E-state index is 0.0393. The van der Waals surface area contributed by atoms with Crippen molar-refractivity contribution in [1.29, 1.82) is 0 Å². The normalized spacial score (nSPS) is 11.9. The second kappa shape index (κ2) is 6.84. The van der Waals surface area contributed by atoms with E-state index in [2.05, 4.69) is 5.32 Å². The van der Waals surface area contributed by atoms with Crippen LogP contribution >= 0.6 is 0 Å². The van der Waals surface area contributed by atoms with Crippen LogP contribution in [0, 0.1) is 5.82 Å². The lowest BCUT2D eigenvalue weighted by Gasteiger charge is -2.11. The number of carbonyl (C=O) groups is 2. The summed E-state index contributed by atoms with van der Waals surface area (Å²) in [6.45, 7) is 1.82. The zero-order chi connectivity index (χ0) is 14.4. The van der Waals surface area contributed by atoms with E-state index in [-0.39, 0.29) is 29.7 Å². The first-order valence-corrected chi connectivity index (χ1v) is 5.79. The van der Waals surface area contributed by atoms with Crippen molar-refractivity contribution in [3.05, 3.63) is 29.6 Å². The monoisotopic (exact) mass is 269 g/mol. The Kier molecular flexibility index (Phi) is 5.44. The van der Waals surface area contributed by atoms with Gasteiger partial charge in [0.05, 0.1) is 17.4 Å². The molecule has 19 heavy (non-hydrogen) atoms. The van der Waals surface area contributed by atoms with Gasteiger partial charge < -0.3 is 15.2 Å². The summed E-state index contributed by atoms with van der Waals surface area (Å²) >= 11 is 0. The highest BCUT2D eigenvalue weighted by molar-refractivity contribution is 6.00. The number of nitrogens with one attached hydrogen (secondary N) is 1. The first-order valence-electron chi connectivity index (χ1n) is 5.79. The van der Waals surface area contributed by atoms with Crippen molar-refractivity contribution in [2.45, 2.75) is 25.9 Å². The van der Waals surface area contributed by atoms with Crippen molar-refractivity contribution in [2.75, 3.05) is 12.4 Å². The van der Waals surface area contributed by atoms with Gasteiger partial charge in [0, 0.05) is 13.5 Å². The number of carboxylic acid groups (broad SMARTS) is 1. The van der Waals surface area contributed by atoms with E-state index >= 15 is 0 Å². The molecule has 0 fully saturated rings. The fourth-order valence-corrected chi connectivity index (χ4v) is 1.47. The molecule has 1 atom stereocenters. The second-order valence-corrected chi connectivity index (χ2v) is 4.13. The van der Waals surface area contributed by atoms with E-state index in [9.17, 15) is 14.0 Å². The Morgan fingerprint density at radius 3 is 2.74 bits per heavy atom.